The quantitative estimate of drug-likeness (QED) is 0.728. The number of halogens is 3. The molecule has 2 aromatic heterocycles. The Morgan fingerprint density at radius 3 is 2.46 bits per heavy atom. The third-order valence-electron chi connectivity index (χ3n) is 3.56. The van der Waals surface area contributed by atoms with Gasteiger partial charge in [0.1, 0.15) is 0 Å². The molecule has 0 unspecified atom stereocenters. The molecule has 0 spiro atoms. The third kappa shape index (κ3) is 2.90. The van der Waals surface area contributed by atoms with E-state index in [1.54, 1.807) is 29.8 Å². The van der Waals surface area contributed by atoms with E-state index in [-0.39, 0.29) is 0 Å². The maximum absolute atomic E-state index is 12.7. The maximum atomic E-state index is 12.7. The van der Waals surface area contributed by atoms with Gasteiger partial charge in [0.05, 0.1) is 16.8 Å². The van der Waals surface area contributed by atoms with Crippen LogP contribution in [0.3, 0.4) is 0 Å². The van der Waals surface area contributed by atoms with E-state index in [1.165, 1.54) is 12.1 Å². The van der Waals surface area contributed by atoms with E-state index < -0.39 is 17.8 Å². The molecule has 8 heteroatoms. The van der Waals surface area contributed by atoms with Crippen LogP contribution in [0, 0.1) is 6.92 Å². The van der Waals surface area contributed by atoms with Crippen LogP contribution in [-0.2, 0) is 6.18 Å². The number of rotatable bonds is 2. The fourth-order valence-corrected chi connectivity index (χ4v) is 2.55. The van der Waals surface area contributed by atoms with Crippen molar-refractivity contribution in [3.8, 4) is 11.1 Å². The predicted octanol–water partition coefficient (Wildman–Crippen LogP) is 4.42. The summed E-state index contributed by atoms with van der Waals surface area (Å²) in [5.74, 6) is 0. The van der Waals surface area contributed by atoms with E-state index in [9.17, 15) is 18.0 Å². The molecule has 5 nitrogen and oxygen atoms in total. The molecular formula is C16H12F3N3O2. The van der Waals surface area contributed by atoms with Crippen molar-refractivity contribution in [1.29, 1.82) is 0 Å². The van der Waals surface area contributed by atoms with E-state index in [0.717, 1.165) is 12.1 Å². The van der Waals surface area contributed by atoms with E-state index >= 15 is 0 Å². The van der Waals surface area contributed by atoms with Gasteiger partial charge in [0.15, 0.2) is 0 Å². The van der Waals surface area contributed by atoms with Gasteiger partial charge in [-0.15, -0.1) is 0 Å². The summed E-state index contributed by atoms with van der Waals surface area (Å²) < 4.78 is 39.6. The smallest absolute Gasteiger partial charge is 0.416 e. The Bertz CT molecular complexity index is 915. The lowest BCUT2D eigenvalue weighted by molar-refractivity contribution is -0.137. The topological polar surface area (TPSA) is 66.6 Å². The average molecular weight is 335 g/mol. The Hall–Kier alpha value is -3.03. The molecule has 3 aromatic rings. The van der Waals surface area contributed by atoms with E-state index in [2.05, 4.69) is 10.4 Å². The SMILES string of the molecule is Cc1nn2ccc(NC(=O)O)cc2c1-c1ccc(C(F)(F)F)cc1. The van der Waals surface area contributed by atoms with Crippen LogP contribution >= 0.6 is 0 Å². The number of carboxylic acid groups (broad SMARTS) is 1. The van der Waals surface area contributed by atoms with E-state index in [0.29, 0.717) is 28.0 Å². The number of hydrogen-bond acceptors (Lipinski definition) is 2. The van der Waals surface area contributed by atoms with Crippen molar-refractivity contribution in [3.05, 3.63) is 53.9 Å². The summed E-state index contributed by atoms with van der Waals surface area (Å²) in [6.07, 6.45) is -4.01. The standard InChI is InChI=1S/C16H12F3N3O2/c1-9-14(10-2-4-11(5-3-10)16(17,18)19)13-8-12(20-15(23)24)6-7-22(13)21-9/h2-8,20H,1H3,(H,23,24). The van der Waals surface area contributed by atoms with Crippen molar-refractivity contribution in [2.75, 3.05) is 5.32 Å². The number of anilines is 1. The fraction of sp³-hybridized carbons (Fsp3) is 0.125. The Morgan fingerprint density at radius 2 is 1.88 bits per heavy atom. The summed E-state index contributed by atoms with van der Waals surface area (Å²) in [4.78, 5) is 10.8. The van der Waals surface area contributed by atoms with Crippen LogP contribution in [0.5, 0.6) is 0 Å². The van der Waals surface area contributed by atoms with Crippen molar-refractivity contribution in [1.82, 2.24) is 9.61 Å². The van der Waals surface area contributed by atoms with Crippen molar-refractivity contribution in [2.24, 2.45) is 0 Å². The molecule has 2 N–H and O–H groups in total. The average Bonchev–Trinajstić information content (AvgIpc) is 2.81. The van der Waals surface area contributed by atoms with Crippen LogP contribution in [-0.4, -0.2) is 20.8 Å². The second kappa shape index (κ2) is 5.55. The Kier molecular flexibility index (Phi) is 3.67. The van der Waals surface area contributed by atoms with Crippen molar-refractivity contribution in [3.63, 3.8) is 0 Å². The zero-order valence-corrected chi connectivity index (χ0v) is 12.4. The van der Waals surface area contributed by atoms with Gasteiger partial charge in [-0.1, -0.05) is 12.1 Å². The van der Waals surface area contributed by atoms with Crippen molar-refractivity contribution < 1.29 is 23.1 Å². The predicted molar refractivity (Wildman–Crippen MR) is 82.0 cm³/mol. The number of benzene rings is 1. The van der Waals surface area contributed by atoms with Gasteiger partial charge in [0.2, 0.25) is 0 Å². The summed E-state index contributed by atoms with van der Waals surface area (Å²) in [7, 11) is 0. The first-order valence-corrected chi connectivity index (χ1v) is 6.92. The lowest BCUT2D eigenvalue weighted by Gasteiger charge is -2.08. The Labute approximate surface area is 134 Å². The molecular weight excluding hydrogens is 323 g/mol. The highest BCUT2D eigenvalue weighted by Gasteiger charge is 2.30. The van der Waals surface area contributed by atoms with Crippen LogP contribution < -0.4 is 5.32 Å². The molecule has 0 saturated heterocycles. The summed E-state index contributed by atoms with van der Waals surface area (Å²) >= 11 is 0. The summed E-state index contributed by atoms with van der Waals surface area (Å²) in [5, 5.41) is 15.3. The van der Waals surface area contributed by atoms with Gasteiger partial charge in [-0.25, -0.2) is 9.31 Å². The highest BCUT2D eigenvalue weighted by Crippen LogP contribution is 2.33. The van der Waals surface area contributed by atoms with Crippen LogP contribution in [0.4, 0.5) is 23.7 Å². The molecule has 0 bridgehead atoms. The van der Waals surface area contributed by atoms with Gasteiger partial charge >= 0.3 is 12.3 Å². The summed E-state index contributed by atoms with van der Waals surface area (Å²) in [6.45, 7) is 1.74. The number of carbonyl (C=O) groups is 1. The summed E-state index contributed by atoms with van der Waals surface area (Å²) in [5.41, 5.74) is 2.07. The number of nitrogens with zero attached hydrogens (tertiary/aromatic N) is 2. The number of aromatic nitrogens is 2. The molecule has 1 amide bonds. The molecule has 0 atom stereocenters. The molecule has 0 saturated carbocycles. The van der Waals surface area contributed by atoms with E-state index in [1.807, 2.05) is 0 Å². The highest BCUT2D eigenvalue weighted by atomic mass is 19.4. The van der Waals surface area contributed by atoms with Gasteiger partial charge in [0.25, 0.3) is 0 Å². The summed E-state index contributed by atoms with van der Waals surface area (Å²) in [6, 6.07) is 7.91. The van der Waals surface area contributed by atoms with Crippen molar-refractivity contribution in [2.45, 2.75) is 13.1 Å². The van der Waals surface area contributed by atoms with Crippen molar-refractivity contribution >= 4 is 17.3 Å². The zero-order chi connectivity index (χ0) is 17.5. The number of aryl methyl sites for hydroxylation is 1. The minimum atomic E-state index is -4.40. The van der Waals surface area contributed by atoms with E-state index in [4.69, 9.17) is 5.11 Å². The number of fused-ring (bicyclic) bond motifs is 1. The first-order chi connectivity index (χ1) is 11.3. The van der Waals surface area contributed by atoms with Crippen LogP contribution in [0.2, 0.25) is 0 Å². The lowest BCUT2D eigenvalue weighted by atomic mass is 10.0. The highest BCUT2D eigenvalue weighted by molar-refractivity contribution is 5.88. The third-order valence-corrected chi connectivity index (χ3v) is 3.56. The molecule has 24 heavy (non-hydrogen) atoms. The fourth-order valence-electron chi connectivity index (χ4n) is 2.55. The normalized spacial score (nSPS) is 11.7. The van der Waals surface area contributed by atoms with Gasteiger partial charge in [-0.3, -0.25) is 5.32 Å². The van der Waals surface area contributed by atoms with Crippen LogP contribution in [0.1, 0.15) is 11.3 Å². The Morgan fingerprint density at radius 1 is 1.21 bits per heavy atom. The molecule has 124 valence electrons. The minimum Gasteiger partial charge on any atom is -0.465 e. The van der Waals surface area contributed by atoms with Crippen LogP contribution in [0.25, 0.3) is 16.6 Å². The number of nitrogens with one attached hydrogen (secondary N) is 1. The molecule has 0 radical (unpaired) electrons. The van der Waals surface area contributed by atoms with Crippen LogP contribution in [0.15, 0.2) is 42.6 Å². The maximum Gasteiger partial charge on any atom is 0.416 e. The zero-order valence-electron chi connectivity index (χ0n) is 12.4. The molecule has 0 aliphatic carbocycles. The number of pyridine rings is 1. The Balaban J connectivity index is 2.11. The monoisotopic (exact) mass is 335 g/mol. The first kappa shape index (κ1) is 15.9. The number of hydrogen-bond donors (Lipinski definition) is 2. The van der Waals surface area contributed by atoms with Gasteiger partial charge in [0, 0.05) is 17.4 Å². The minimum absolute atomic E-state index is 0.350. The molecule has 0 aliphatic rings. The molecule has 0 aliphatic heterocycles. The largest absolute Gasteiger partial charge is 0.465 e. The molecule has 2 heterocycles. The molecule has 3 rings (SSSR count). The number of amides is 1. The van der Waals surface area contributed by atoms with Gasteiger partial charge < -0.3 is 5.11 Å². The second-order valence-corrected chi connectivity index (χ2v) is 5.21. The van der Waals surface area contributed by atoms with Gasteiger partial charge in [-0.2, -0.15) is 18.3 Å². The lowest BCUT2D eigenvalue weighted by Crippen LogP contribution is -2.07. The first-order valence-electron chi connectivity index (χ1n) is 6.92. The molecule has 0 fully saturated rings. The second-order valence-electron chi connectivity index (χ2n) is 5.21. The van der Waals surface area contributed by atoms with Gasteiger partial charge in [-0.05, 0) is 36.8 Å². The molecule has 1 aromatic carbocycles. The number of alkyl halides is 3.